The maximum Gasteiger partial charge on any atom is 0.134 e. The number of aromatic hydroxyl groups is 1. The molecule has 1 aromatic carbocycles. The first-order valence-electron chi connectivity index (χ1n) is 4.05. The molecule has 1 aromatic rings. The highest BCUT2D eigenvalue weighted by Crippen LogP contribution is 2.35. The van der Waals surface area contributed by atoms with Gasteiger partial charge >= 0.3 is 0 Å². The average molecular weight is 325 g/mol. The van der Waals surface area contributed by atoms with Gasteiger partial charge in [-0.25, -0.2) is 0 Å². The topological polar surface area (TPSA) is 66.5 Å². The Morgan fingerprint density at radius 1 is 1.36 bits per heavy atom. The van der Waals surface area contributed by atoms with E-state index in [9.17, 15) is 10.2 Å². The molecule has 0 spiro atoms. The van der Waals surface area contributed by atoms with Gasteiger partial charge < -0.3 is 15.9 Å². The summed E-state index contributed by atoms with van der Waals surface area (Å²) >= 11 is 6.48. The molecule has 0 bridgehead atoms. The van der Waals surface area contributed by atoms with Crippen molar-refractivity contribution in [1.82, 2.24) is 0 Å². The summed E-state index contributed by atoms with van der Waals surface area (Å²) in [6.45, 7) is 1.58. The van der Waals surface area contributed by atoms with E-state index in [1.807, 2.05) is 0 Å². The molecule has 0 fully saturated rings. The van der Waals surface area contributed by atoms with Gasteiger partial charge in [0, 0.05) is 10.0 Å². The number of phenols is 1. The highest BCUT2D eigenvalue weighted by Gasteiger charge is 2.18. The molecule has 0 amide bonds. The summed E-state index contributed by atoms with van der Waals surface area (Å²) in [6, 6.07) is 2.81. The van der Waals surface area contributed by atoms with Gasteiger partial charge in [0.15, 0.2) is 0 Å². The lowest BCUT2D eigenvalue weighted by Gasteiger charge is -2.17. The lowest BCUT2D eigenvalue weighted by Crippen LogP contribution is -2.23. The summed E-state index contributed by atoms with van der Waals surface area (Å²) in [7, 11) is 0. The second kappa shape index (κ2) is 4.61. The fourth-order valence-electron chi connectivity index (χ4n) is 1.10. The van der Waals surface area contributed by atoms with E-state index in [1.54, 1.807) is 19.1 Å². The number of halogens is 2. The number of rotatable bonds is 2. The van der Waals surface area contributed by atoms with Gasteiger partial charge in [0.05, 0.1) is 16.6 Å². The monoisotopic (exact) mass is 323 g/mol. The van der Waals surface area contributed by atoms with Gasteiger partial charge in [-0.2, -0.15) is 0 Å². The SMILES string of the molecule is C[C@@H](O)[C@@H](N)c1cc(Br)cc(Br)c1O. The number of benzene rings is 1. The van der Waals surface area contributed by atoms with Crippen molar-refractivity contribution in [3.8, 4) is 5.75 Å². The Morgan fingerprint density at radius 2 is 1.93 bits per heavy atom. The van der Waals surface area contributed by atoms with E-state index in [4.69, 9.17) is 5.73 Å². The van der Waals surface area contributed by atoms with Crippen molar-refractivity contribution in [3.63, 3.8) is 0 Å². The third-order valence-corrected chi connectivity index (χ3v) is 3.00. The first kappa shape index (κ1) is 12.0. The molecule has 0 heterocycles. The normalized spacial score (nSPS) is 15.2. The molecule has 2 atom stereocenters. The van der Waals surface area contributed by atoms with Crippen LogP contribution in [-0.2, 0) is 0 Å². The van der Waals surface area contributed by atoms with Crippen molar-refractivity contribution in [2.45, 2.75) is 19.1 Å². The third-order valence-electron chi connectivity index (χ3n) is 1.94. The maximum absolute atomic E-state index is 9.68. The Labute approximate surface area is 99.2 Å². The van der Waals surface area contributed by atoms with Gasteiger partial charge in [-0.15, -0.1) is 0 Å². The van der Waals surface area contributed by atoms with Crippen molar-refractivity contribution in [2.24, 2.45) is 5.73 Å². The van der Waals surface area contributed by atoms with Crippen LogP contribution >= 0.6 is 31.9 Å². The second-order valence-corrected chi connectivity index (χ2v) is 4.86. The summed E-state index contributed by atoms with van der Waals surface area (Å²) < 4.78 is 1.35. The molecule has 0 aromatic heterocycles. The smallest absolute Gasteiger partial charge is 0.134 e. The van der Waals surface area contributed by atoms with E-state index in [0.29, 0.717) is 10.0 Å². The number of nitrogens with two attached hydrogens (primary N) is 1. The molecule has 1 rings (SSSR count). The van der Waals surface area contributed by atoms with Gasteiger partial charge in [0.1, 0.15) is 5.75 Å². The molecule has 4 N–H and O–H groups in total. The molecule has 0 saturated carbocycles. The van der Waals surface area contributed by atoms with Crippen molar-refractivity contribution in [1.29, 1.82) is 0 Å². The minimum atomic E-state index is -0.706. The number of hydrogen-bond acceptors (Lipinski definition) is 3. The third kappa shape index (κ3) is 2.48. The maximum atomic E-state index is 9.68. The van der Waals surface area contributed by atoms with E-state index in [-0.39, 0.29) is 5.75 Å². The number of aliphatic hydroxyl groups is 1. The fourth-order valence-corrected chi connectivity index (χ4v) is 2.36. The highest BCUT2D eigenvalue weighted by atomic mass is 79.9. The van der Waals surface area contributed by atoms with Crippen LogP contribution < -0.4 is 5.73 Å². The summed E-state index contributed by atoms with van der Waals surface area (Å²) in [5.41, 5.74) is 6.24. The van der Waals surface area contributed by atoms with Gasteiger partial charge in [0.25, 0.3) is 0 Å². The van der Waals surface area contributed by atoms with Crippen LogP contribution in [0, 0.1) is 0 Å². The van der Waals surface area contributed by atoms with Gasteiger partial charge in [-0.3, -0.25) is 0 Å². The number of hydrogen-bond donors (Lipinski definition) is 3. The standard InChI is InChI=1S/C9H11Br2NO2/c1-4(13)8(12)6-2-5(10)3-7(11)9(6)14/h2-4,8,13-14H,12H2,1H3/t4-,8-/m1/s1. The van der Waals surface area contributed by atoms with Crippen molar-refractivity contribution in [3.05, 3.63) is 26.6 Å². The second-order valence-electron chi connectivity index (χ2n) is 3.09. The number of aliphatic hydroxyl groups excluding tert-OH is 1. The molecule has 5 heteroatoms. The molecule has 0 unspecified atom stereocenters. The molecule has 0 radical (unpaired) electrons. The molecule has 0 saturated heterocycles. The predicted molar refractivity (Wildman–Crippen MR) is 62.1 cm³/mol. The van der Waals surface area contributed by atoms with Crippen molar-refractivity contribution in [2.75, 3.05) is 0 Å². The van der Waals surface area contributed by atoms with E-state index in [1.165, 1.54) is 0 Å². The van der Waals surface area contributed by atoms with Crippen LogP contribution in [0.1, 0.15) is 18.5 Å². The Kier molecular flexibility index (Phi) is 3.94. The average Bonchev–Trinajstić information content (AvgIpc) is 2.09. The van der Waals surface area contributed by atoms with Crippen LogP contribution in [-0.4, -0.2) is 16.3 Å². The summed E-state index contributed by atoms with van der Waals surface area (Å²) in [5.74, 6) is 0.0709. The summed E-state index contributed by atoms with van der Waals surface area (Å²) in [4.78, 5) is 0. The zero-order valence-corrected chi connectivity index (χ0v) is 10.7. The Bertz CT molecular complexity index is 342. The van der Waals surface area contributed by atoms with Crippen LogP contribution in [0.5, 0.6) is 5.75 Å². The molecular formula is C9H11Br2NO2. The lowest BCUT2D eigenvalue weighted by atomic mass is 10.0. The first-order valence-corrected chi connectivity index (χ1v) is 5.63. The quantitative estimate of drug-likeness (QED) is 0.782. The number of phenolic OH excluding ortho intramolecular Hbond substituents is 1. The minimum absolute atomic E-state index is 0.0709. The molecule has 3 nitrogen and oxygen atoms in total. The molecular weight excluding hydrogens is 314 g/mol. The Morgan fingerprint density at radius 3 is 2.43 bits per heavy atom. The molecule has 0 aliphatic rings. The minimum Gasteiger partial charge on any atom is -0.506 e. The van der Waals surface area contributed by atoms with Crippen LogP contribution in [0.25, 0.3) is 0 Å². The molecule has 14 heavy (non-hydrogen) atoms. The van der Waals surface area contributed by atoms with Crippen molar-refractivity contribution >= 4 is 31.9 Å². The molecule has 0 aliphatic carbocycles. The van der Waals surface area contributed by atoms with Gasteiger partial charge in [0.2, 0.25) is 0 Å². The van der Waals surface area contributed by atoms with Crippen LogP contribution in [0.4, 0.5) is 0 Å². The summed E-state index contributed by atoms with van der Waals surface area (Å²) in [5, 5.41) is 19.0. The molecule has 0 aliphatic heterocycles. The Balaban J connectivity index is 3.20. The van der Waals surface area contributed by atoms with Crippen LogP contribution in [0.15, 0.2) is 21.1 Å². The molecule has 78 valence electrons. The summed E-state index contributed by atoms with van der Waals surface area (Å²) in [6.07, 6.45) is -0.706. The first-order chi connectivity index (χ1) is 6.43. The van der Waals surface area contributed by atoms with Crippen molar-refractivity contribution < 1.29 is 10.2 Å². The predicted octanol–water partition coefficient (Wildman–Crippen LogP) is 2.30. The van der Waals surface area contributed by atoms with Crippen LogP contribution in [0.3, 0.4) is 0 Å². The lowest BCUT2D eigenvalue weighted by molar-refractivity contribution is 0.162. The Hall–Kier alpha value is -0.100. The van der Waals surface area contributed by atoms with Crippen LogP contribution in [0.2, 0.25) is 0 Å². The van der Waals surface area contributed by atoms with E-state index in [0.717, 1.165) is 4.47 Å². The fraction of sp³-hybridized carbons (Fsp3) is 0.333. The largest absolute Gasteiger partial charge is 0.506 e. The van der Waals surface area contributed by atoms with Gasteiger partial charge in [-0.05, 0) is 35.0 Å². The zero-order valence-electron chi connectivity index (χ0n) is 7.54. The van der Waals surface area contributed by atoms with E-state index < -0.39 is 12.1 Å². The van der Waals surface area contributed by atoms with Gasteiger partial charge in [-0.1, -0.05) is 15.9 Å². The highest BCUT2D eigenvalue weighted by molar-refractivity contribution is 9.11. The van der Waals surface area contributed by atoms with E-state index in [2.05, 4.69) is 31.9 Å². The zero-order chi connectivity index (χ0) is 10.9. The van der Waals surface area contributed by atoms with E-state index >= 15 is 0 Å².